The lowest BCUT2D eigenvalue weighted by Crippen LogP contribution is -2.32. The van der Waals surface area contributed by atoms with Crippen LogP contribution in [0.2, 0.25) is 0 Å². The van der Waals surface area contributed by atoms with Gasteiger partial charge in [0, 0.05) is 48.7 Å². The number of anilines is 1. The summed E-state index contributed by atoms with van der Waals surface area (Å²) in [6, 6.07) is 4.05. The SMILES string of the molecule is C=CC(=O)N(CCC)c1cc(-c2cc3c(cn2)CCc2c-3[nH]c3c2C(=O)NCC3)cnc1C. The highest BCUT2D eigenvalue weighted by Crippen LogP contribution is 2.38. The van der Waals surface area contributed by atoms with Crippen LogP contribution in [0.5, 0.6) is 0 Å². The number of H-pyrrole nitrogens is 1. The Labute approximate surface area is 193 Å². The lowest BCUT2D eigenvalue weighted by molar-refractivity contribution is -0.114. The van der Waals surface area contributed by atoms with Crippen LogP contribution >= 0.6 is 0 Å². The molecule has 0 saturated carbocycles. The van der Waals surface area contributed by atoms with E-state index in [4.69, 9.17) is 4.98 Å². The van der Waals surface area contributed by atoms with Gasteiger partial charge in [-0.2, -0.15) is 0 Å². The molecular formula is C26H27N5O2. The van der Waals surface area contributed by atoms with Crippen molar-refractivity contribution >= 4 is 17.5 Å². The molecule has 0 unspecified atom stereocenters. The molecule has 0 bridgehead atoms. The van der Waals surface area contributed by atoms with Crippen molar-refractivity contribution in [3.8, 4) is 22.5 Å². The lowest BCUT2D eigenvalue weighted by Gasteiger charge is -2.23. The third-order valence-corrected chi connectivity index (χ3v) is 6.50. The molecule has 168 valence electrons. The minimum atomic E-state index is -0.141. The molecule has 7 heteroatoms. The Morgan fingerprint density at radius 3 is 2.85 bits per heavy atom. The first-order chi connectivity index (χ1) is 16.0. The van der Waals surface area contributed by atoms with Crippen LogP contribution in [0.3, 0.4) is 0 Å². The molecule has 1 aliphatic carbocycles. The summed E-state index contributed by atoms with van der Waals surface area (Å²) in [4.78, 5) is 39.5. The van der Waals surface area contributed by atoms with E-state index < -0.39 is 0 Å². The van der Waals surface area contributed by atoms with Crippen LogP contribution < -0.4 is 10.2 Å². The lowest BCUT2D eigenvalue weighted by atomic mass is 9.88. The molecule has 0 spiro atoms. The van der Waals surface area contributed by atoms with Crippen LogP contribution in [-0.2, 0) is 24.1 Å². The Bertz CT molecular complexity index is 1290. The highest BCUT2D eigenvalue weighted by molar-refractivity contribution is 6.02. The zero-order chi connectivity index (χ0) is 23.1. The van der Waals surface area contributed by atoms with Crippen molar-refractivity contribution in [2.75, 3.05) is 18.0 Å². The van der Waals surface area contributed by atoms with Crippen LogP contribution in [-0.4, -0.2) is 39.9 Å². The van der Waals surface area contributed by atoms with Gasteiger partial charge >= 0.3 is 0 Å². The summed E-state index contributed by atoms with van der Waals surface area (Å²) in [5.41, 5.74) is 9.39. The minimum Gasteiger partial charge on any atom is -0.357 e. The molecule has 2 N–H and O–H groups in total. The molecular weight excluding hydrogens is 414 g/mol. The molecule has 7 nitrogen and oxygen atoms in total. The number of fused-ring (bicyclic) bond motifs is 5. The third kappa shape index (κ3) is 3.53. The van der Waals surface area contributed by atoms with Gasteiger partial charge in [-0.3, -0.25) is 19.6 Å². The van der Waals surface area contributed by atoms with Crippen molar-refractivity contribution in [3.63, 3.8) is 0 Å². The maximum Gasteiger partial charge on any atom is 0.253 e. The highest BCUT2D eigenvalue weighted by Gasteiger charge is 2.30. The first-order valence-electron chi connectivity index (χ1n) is 11.4. The van der Waals surface area contributed by atoms with E-state index in [1.165, 1.54) is 11.6 Å². The van der Waals surface area contributed by atoms with Crippen molar-refractivity contribution in [3.05, 3.63) is 65.3 Å². The Morgan fingerprint density at radius 1 is 1.21 bits per heavy atom. The van der Waals surface area contributed by atoms with Crippen molar-refractivity contribution in [2.24, 2.45) is 0 Å². The van der Waals surface area contributed by atoms with Gasteiger partial charge in [-0.15, -0.1) is 0 Å². The van der Waals surface area contributed by atoms with Crippen LogP contribution in [0.15, 0.2) is 37.2 Å². The van der Waals surface area contributed by atoms with Crippen LogP contribution in [0.25, 0.3) is 22.5 Å². The van der Waals surface area contributed by atoms with Gasteiger partial charge in [0.05, 0.1) is 28.3 Å². The first-order valence-corrected chi connectivity index (χ1v) is 11.4. The molecule has 0 atom stereocenters. The predicted molar refractivity (Wildman–Crippen MR) is 128 cm³/mol. The molecule has 33 heavy (non-hydrogen) atoms. The van der Waals surface area contributed by atoms with E-state index in [0.717, 1.165) is 76.4 Å². The third-order valence-electron chi connectivity index (χ3n) is 6.50. The van der Waals surface area contributed by atoms with Gasteiger partial charge in [0.2, 0.25) is 5.91 Å². The molecule has 5 rings (SSSR count). The number of nitrogens with zero attached hydrogens (tertiary/aromatic N) is 3. The Kier molecular flexibility index (Phi) is 5.32. The van der Waals surface area contributed by atoms with Crippen molar-refractivity contribution in [2.45, 2.75) is 39.5 Å². The van der Waals surface area contributed by atoms with Gasteiger partial charge < -0.3 is 15.2 Å². The van der Waals surface area contributed by atoms with E-state index in [1.807, 2.05) is 26.1 Å². The molecule has 2 amide bonds. The molecule has 0 radical (unpaired) electrons. The number of hydrogen-bond donors (Lipinski definition) is 2. The molecule has 4 heterocycles. The van der Waals surface area contributed by atoms with Gasteiger partial charge in [0.15, 0.2) is 0 Å². The largest absolute Gasteiger partial charge is 0.357 e. The van der Waals surface area contributed by atoms with Crippen LogP contribution in [0.4, 0.5) is 5.69 Å². The Morgan fingerprint density at radius 2 is 2.06 bits per heavy atom. The average Bonchev–Trinajstić information content (AvgIpc) is 3.23. The molecule has 0 saturated heterocycles. The van der Waals surface area contributed by atoms with E-state index in [1.54, 1.807) is 11.1 Å². The number of amides is 2. The number of aryl methyl sites for hydroxylation is 2. The van der Waals surface area contributed by atoms with E-state index in [-0.39, 0.29) is 11.8 Å². The second kappa shape index (κ2) is 8.31. The van der Waals surface area contributed by atoms with Crippen molar-refractivity contribution in [1.29, 1.82) is 0 Å². The monoisotopic (exact) mass is 441 g/mol. The summed E-state index contributed by atoms with van der Waals surface area (Å²) < 4.78 is 0. The standard InChI is InChI=1S/C26H27N5O2/c1-4-10-31(23(32)5-2)22-11-17(14-28-15(22)3)21-12-19-16(13-29-21)6-7-18-24-20(30-25(18)19)8-9-27-26(24)33/h5,11-14,30H,2,4,6-10H2,1,3H3,(H,27,33). The predicted octanol–water partition coefficient (Wildman–Crippen LogP) is 3.76. The number of hydrogen-bond acceptors (Lipinski definition) is 4. The highest BCUT2D eigenvalue weighted by atomic mass is 16.2. The minimum absolute atomic E-state index is 0.0155. The van der Waals surface area contributed by atoms with E-state index in [2.05, 4.69) is 27.9 Å². The zero-order valence-corrected chi connectivity index (χ0v) is 19.0. The maximum atomic E-state index is 12.5. The van der Waals surface area contributed by atoms with Gasteiger partial charge in [0.25, 0.3) is 5.91 Å². The van der Waals surface area contributed by atoms with E-state index in [9.17, 15) is 9.59 Å². The smallest absolute Gasteiger partial charge is 0.253 e. The van der Waals surface area contributed by atoms with Crippen molar-refractivity contribution < 1.29 is 9.59 Å². The number of rotatable bonds is 5. The summed E-state index contributed by atoms with van der Waals surface area (Å²) in [6.45, 7) is 8.84. The van der Waals surface area contributed by atoms with E-state index >= 15 is 0 Å². The number of carbonyl (C=O) groups is 2. The molecule has 0 fully saturated rings. The maximum absolute atomic E-state index is 12.5. The summed E-state index contributed by atoms with van der Waals surface area (Å²) in [7, 11) is 0. The van der Waals surface area contributed by atoms with Crippen LogP contribution in [0, 0.1) is 6.92 Å². The number of pyridine rings is 2. The summed E-state index contributed by atoms with van der Waals surface area (Å²) >= 11 is 0. The van der Waals surface area contributed by atoms with Gasteiger partial charge in [0.1, 0.15) is 0 Å². The average molecular weight is 442 g/mol. The molecule has 3 aromatic heterocycles. The summed E-state index contributed by atoms with van der Waals surface area (Å²) in [6.07, 6.45) is 8.38. The second-order valence-corrected chi connectivity index (χ2v) is 8.59. The normalized spacial score (nSPS) is 14.1. The molecule has 2 aliphatic rings. The first kappa shape index (κ1) is 21.1. The Balaban J connectivity index is 1.59. The quantitative estimate of drug-likeness (QED) is 0.590. The molecule has 1 aliphatic heterocycles. The molecule has 3 aromatic rings. The fraction of sp³-hybridized carbons (Fsp3) is 0.308. The van der Waals surface area contributed by atoms with Crippen LogP contribution in [0.1, 0.15) is 46.2 Å². The van der Waals surface area contributed by atoms with Gasteiger partial charge in [-0.25, -0.2) is 0 Å². The Hall–Kier alpha value is -3.74. The molecule has 0 aromatic carbocycles. The van der Waals surface area contributed by atoms with E-state index in [0.29, 0.717) is 13.1 Å². The number of aromatic nitrogens is 3. The number of aromatic amines is 1. The van der Waals surface area contributed by atoms with Gasteiger partial charge in [-0.05, 0) is 55.5 Å². The topological polar surface area (TPSA) is 91.0 Å². The number of nitrogens with one attached hydrogen (secondary N) is 2. The number of carbonyl (C=O) groups excluding carboxylic acids is 2. The zero-order valence-electron chi connectivity index (χ0n) is 19.0. The summed E-state index contributed by atoms with van der Waals surface area (Å²) in [5.74, 6) is -0.126. The fourth-order valence-corrected chi connectivity index (χ4v) is 4.88. The second-order valence-electron chi connectivity index (χ2n) is 8.59. The van der Waals surface area contributed by atoms with Gasteiger partial charge in [-0.1, -0.05) is 13.5 Å². The fourth-order valence-electron chi connectivity index (χ4n) is 4.88. The summed E-state index contributed by atoms with van der Waals surface area (Å²) in [5, 5.41) is 2.96. The van der Waals surface area contributed by atoms with Crippen molar-refractivity contribution in [1.82, 2.24) is 20.3 Å².